The summed E-state index contributed by atoms with van der Waals surface area (Å²) >= 11 is 6.31. The molecular weight excluding hydrogens is 376 g/mol. The summed E-state index contributed by atoms with van der Waals surface area (Å²) in [5, 5.41) is 5.05. The average Bonchev–Trinajstić information content (AvgIpc) is 3.45. The second kappa shape index (κ2) is 8.64. The number of hydrogen-bond donors (Lipinski definition) is 0. The first kappa shape index (κ1) is 19.4. The molecule has 28 heavy (non-hydrogen) atoms. The standard InChI is InChI=1S/C21H27ClN4O2/c1-24-14-19(22)20(23-24)15-26(8-7-25-9-11-28-12-10-25)21(27)18-13-17(18)16-5-3-2-4-6-16/h2-6,14,17-18H,7-13,15H2,1H3/t17-,18+/m0/s1. The van der Waals surface area contributed by atoms with E-state index in [2.05, 4.69) is 22.1 Å². The first-order valence-corrected chi connectivity index (χ1v) is 10.3. The fourth-order valence-corrected chi connectivity index (χ4v) is 4.16. The van der Waals surface area contributed by atoms with Crippen LogP contribution in [0.4, 0.5) is 0 Å². The fourth-order valence-electron chi connectivity index (χ4n) is 3.92. The molecule has 0 radical (unpaired) electrons. The van der Waals surface area contributed by atoms with Gasteiger partial charge < -0.3 is 9.64 Å². The van der Waals surface area contributed by atoms with Crippen LogP contribution < -0.4 is 0 Å². The molecule has 1 aromatic heterocycles. The predicted octanol–water partition coefficient (Wildman–Crippen LogP) is 2.54. The van der Waals surface area contributed by atoms with Crippen molar-refractivity contribution in [1.29, 1.82) is 0 Å². The van der Waals surface area contributed by atoms with Crippen molar-refractivity contribution in [3.8, 4) is 0 Å². The number of morpholine rings is 1. The molecule has 0 unspecified atom stereocenters. The molecule has 0 N–H and O–H groups in total. The third-order valence-electron chi connectivity index (χ3n) is 5.63. The summed E-state index contributed by atoms with van der Waals surface area (Å²) in [6.45, 7) is 5.36. The van der Waals surface area contributed by atoms with Gasteiger partial charge in [-0.25, -0.2) is 0 Å². The highest BCUT2D eigenvalue weighted by Crippen LogP contribution is 2.48. The van der Waals surface area contributed by atoms with E-state index in [1.165, 1.54) is 5.56 Å². The van der Waals surface area contributed by atoms with Gasteiger partial charge in [0.2, 0.25) is 5.91 Å². The largest absolute Gasteiger partial charge is 0.379 e. The molecule has 1 amide bonds. The molecule has 2 aromatic rings. The number of ether oxygens (including phenoxy) is 1. The van der Waals surface area contributed by atoms with Crippen molar-refractivity contribution in [2.45, 2.75) is 18.9 Å². The predicted molar refractivity (Wildman–Crippen MR) is 108 cm³/mol. The first-order chi connectivity index (χ1) is 13.6. The Bertz CT molecular complexity index is 804. The molecule has 2 atom stereocenters. The minimum absolute atomic E-state index is 0.0644. The summed E-state index contributed by atoms with van der Waals surface area (Å²) in [7, 11) is 1.85. The van der Waals surface area contributed by atoms with Gasteiger partial charge in [0.15, 0.2) is 0 Å². The molecule has 2 aliphatic rings. The molecule has 6 nitrogen and oxygen atoms in total. The molecule has 2 heterocycles. The molecule has 150 valence electrons. The van der Waals surface area contributed by atoms with Crippen molar-refractivity contribution in [2.24, 2.45) is 13.0 Å². The maximum Gasteiger partial charge on any atom is 0.226 e. The molecule has 4 rings (SSSR count). The van der Waals surface area contributed by atoms with Crippen molar-refractivity contribution in [3.05, 3.63) is 52.8 Å². The maximum atomic E-state index is 13.3. The van der Waals surface area contributed by atoms with Gasteiger partial charge in [-0.05, 0) is 17.9 Å². The molecule has 1 aromatic carbocycles. The van der Waals surface area contributed by atoms with E-state index >= 15 is 0 Å². The van der Waals surface area contributed by atoms with Crippen molar-refractivity contribution < 1.29 is 9.53 Å². The lowest BCUT2D eigenvalue weighted by Crippen LogP contribution is -2.43. The number of amides is 1. The number of aromatic nitrogens is 2. The Balaban J connectivity index is 1.44. The number of halogens is 1. The monoisotopic (exact) mass is 402 g/mol. The van der Waals surface area contributed by atoms with Crippen molar-refractivity contribution >= 4 is 17.5 Å². The number of carbonyl (C=O) groups excluding carboxylic acids is 1. The maximum absolute atomic E-state index is 13.3. The summed E-state index contributed by atoms with van der Waals surface area (Å²) in [5.74, 6) is 0.609. The lowest BCUT2D eigenvalue weighted by Gasteiger charge is -2.30. The number of aryl methyl sites for hydroxylation is 1. The average molecular weight is 403 g/mol. The van der Waals surface area contributed by atoms with Gasteiger partial charge in [0, 0.05) is 45.3 Å². The van der Waals surface area contributed by atoms with Crippen LogP contribution in [0.2, 0.25) is 5.02 Å². The van der Waals surface area contributed by atoms with Crippen LogP contribution in [0.15, 0.2) is 36.5 Å². The lowest BCUT2D eigenvalue weighted by atomic mass is 10.1. The zero-order valence-corrected chi connectivity index (χ0v) is 17.0. The van der Waals surface area contributed by atoms with E-state index in [0.717, 1.165) is 45.0 Å². The van der Waals surface area contributed by atoms with Crippen molar-refractivity contribution in [3.63, 3.8) is 0 Å². The molecular formula is C21H27ClN4O2. The van der Waals surface area contributed by atoms with Gasteiger partial charge in [-0.15, -0.1) is 0 Å². The van der Waals surface area contributed by atoms with E-state index in [4.69, 9.17) is 16.3 Å². The van der Waals surface area contributed by atoms with Gasteiger partial charge in [0.25, 0.3) is 0 Å². The molecule has 1 aliphatic carbocycles. The van der Waals surface area contributed by atoms with Crippen molar-refractivity contribution in [1.82, 2.24) is 19.6 Å². The first-order valence-electron chi connectivity index (χ1n) is 9.93. The van der Waals surface area contributed by atoms with Crippen LogP contribution in [0.5, 0.6) is 0 Å². The number of benzene rings is 1. The second-order valence-electron chi connectivity index (χ2n) is 7.67. The van der Waals surface area contributed by atoms with Gasteiger partial charge in [-0.2, -0.15) is 5.10 Å². The second-order valence-corrected chi connectivity index (χ2v) is 8.08. The van der Waals surface area contributed by atoms with E-state index in [9.17, 15) is 4.79 Å². The van der Waals surface area contributed by atoms with Crippen molar-refractivity contribution in [2.75, 3.05) is 39.4 Å². The minimum Gasteiger partial charge on any atom is -0.379 e. The SMILES string of the molecule is Cn1cc(Cl)c(CN(CCN2CCOCC2)C(=O)[C@@H]2C[C@H]2c2ccccc2)n1. The van der Waals surface area contributed by atoms with Gasteiger partial charge in [-0.1, -0.05) is 41.9 Å². The number of hydrogen-bond acceptors (Lipinski definition) is 4. The molecule has 0 bridgehead atoms. The highest BCUT2D eigenvalue weighted by Gasteiger charge is 2.45. The molecule has 1 aliphatic heterocycles. The van der Waals surface area contributed by atoms with Crippen LogP contribution >= 0.6 is 11.6 Å². The van der Waals surface area contributed by atoms with Crippen LogP contribution in [0.25, 0.3) is 0 Å². The minimum atomic E-state index is 0.0644. The summed E-state index contributed by atoms with van der Waals surface area (Å²) in [4.78, 5) is 17.6. The normalized spacial score (nSPS) is 22.2. The quantitative estimate of drug-likeness (QED) is 0.714. The Morgan fingerprint density at radius 3 is 2.71 bits per heavy atom. The van der Waals surface area contributed by atoms with E-state index in [-0.39, 0.29) is 11.8 Å². The van der Waals surface area contributed by atoms with Gasteiger partial charge in [0.1, 0.15) is 5.69 Å². The van der Waals surface area contributed by atoms with Gasteiger partial charge >= 0.3 is 0 Å². The fraction of sp³-hybridized carbons (Fsp3) is 0.524. The van der Waals surface area contributed by atoms with E-state index in [1.54, 1.807) is 10.9 Å². The number of nitrogens with zero attached hydrogens (tertiary/aromatic N) is 4. The summed E-state index contributed by atoms with van der Waals surface area (Å²) in [5.41, 5.74) is 2.02. The summed E-state index contributed by atoms with van der Waals surface area (Å²) in [6.07, 6.45) is 2.71. The molecule has 1 saturated heterocycles. The Kier molecular flexibility index (Phi) is 5.99. The summed E-state index contributed by atoms with van der Waals surface area (Å²) < 4.78 is 7.13. The number of rotatable bonds is 7. The van der Waals surface area contributed by atoms with Crippen LogP contribution in [0, 0.1) is 5.92 Å². The lowest BCUT2D eigenvalue weighted by molar-refractivity contribution is -0.133. The van der Waals surface area contributed by atoms with Crippen LogP contribution in [0.1, 0.15) is 23.6 Å². The topological polar surface area (TPSA) is 50.6 Å². The Morgan fingerprint density at radius 2 is 2.04 bits per heavy atom. The van der Waals surface area contributed by atoms with E-state index in [0.29, 0.717) is 24.0 Å². The molecule has 1 saturated carbocycles. The van der Waals surface area contributed by atoms with Crippen LogP contribution in [-0.2, 0) is 23.1 Å². The van der Waals surface area contributed by atoms with E-state index in [1.807, 2.05) is 30.1 Å². The third kappa shape index (κ3) is 4.57. The third-order valence-corrected chi connectivity index (χ3v) is 5.95. The zero-order valence-electron chi connectivity index (χ0n) is 16.3. The van der Waals surface area contributed by atoms with Crippen LogP contribution in [0.3, 0.4) is 0 Å². The smallest absolute Gasteiger partial charge is 0.226 e. The number of carbonyl (C=O) groups is 1. The zero-order chi connectivity index (χ0) is 19.5. The highest BCUT2D eigenvalue weighted by molar-refractivity contribution is 6.31. The van der Waals surface area contributed by atoms with Gasteiger partial charge in [0.05, 0.1) is 24.8 Å². The van der Waals surface area contributed by atoms with E-state index < -0.39 is 0 Å². The molecule has 2 fully saturated rings. The molecule has 0 spiro atoms. The highest BCUT2D eigenvalue weighted by atomic mass is 35.5. The van der Waals surface area contributed by atoms with Gasteiger partial charge in [-0.3, -0.25) is 14.4 Å². The Hall–Kier alpha value is -1.89. The summed E-state index contributed by atoms with van der Waals surface area (Å²) in [6, 6.07) is 10.3. The Morgan fingerprint density at radius 1 is 1.29 bits per heavy atom. The van der Waals surface area contributed by atoms with Crippen LogP contribution in [-0.4, -0.2) is 64.9 Å². The molecule has 7 heteroatoms. The Labute approximate surface area is 171 Å².